The number of halogens is 4. The van der Waals surface area contributed by atoms with E-state index in [1.165, 1.54) is 6.20 Å². The highest BCUT2D eigenvalue weighted by Crippen LogP contribution is 2.48. The Balaban J connectivity index is 1.44. The maximum Gasteiger partial charge on any atom is 0.258 e. The Hall–Kier alpha value is -3.19. The molecule has 1 amide bonds. The van der Waals surface area contributed by atoms with Gasteiger partial charge >= 0.3 is 0 Å². The number of amides is 1. The van der Waals surface area contributed by atoms with Crippen LogP contribution >= 0.6 is 10.6 Å². The fourth-order valence-electron chi connectivity index (χ4n) is 5.81. The number of nitrogens with zero attached hydrogens (tertiary/aromatic N) is 2. The summed E-state index contributed by atoms with van der Waals surface area (Å²) in [7, 11) is -2.69. The molecule has 2 saturated heterocycles. The molecule has 3 aromatic rings. The van der Waals surface area contributed by atoms with E-state index in [0.29, 0.717) is 37.5 Å². The zero-order valence-electron chi connectivity index (χ0n) is 22.4. The average molecular weight is 593 g/mol. The van der Waals surface area contributed by atoms with Crippen molar-refractivity contribution in [3.63, 3.8) is 0 Å². The number of carbonyl (C=O) groups is 1. The Morgan fingerprint density at radius 2 is 1.71 bits per heavy atom. The lowest BCUT2D eigenvalue weighted by molar-refractivity contribution is 0.102. The second-order valence-corrected chi connectivity index (χ2v) is 13.4. The van der Waals surface area contributed by atoms with E-state index in [0.717, 1.165) is 30.7 Å². The maximum absolute atomic E-state index is 15.7. The van der Waals surface area contributed by atoms with Crippen LogP contribution in [0.5, 0.6) is 0 Å². The molecule has 0 saturated carbocycles. The number of nitrogens with two attached hydrogens (primary N) is 1. The molecule has 2 aliphatic rings. The summed E-state index contributed by atoms with van der Waals surface area (Å²) >= 11 is 0. The lowest BCUT2D eigenvalue weighted by atomic mass is 9.90. The number of benzene rings is 2. The van der Waals surface area contributed by atoms with E-state index in [2.05, 4.69) is 17.2 Å². The number of piperidine rings is 1. The summed E-state index contributed by atoms with van der Waals surface area (Å²) < 4.78 is 80.8. The minimum atomic E-state index is -2.69. The lowest BCUT2D eigenvalue weighted by Crippen LogP contribution is -2.46. The third-order valence-electron chi connectivity index (χ3n) is 7.79. The molecule has 2 fully saturated rings. The molecule has 7 nitrogen and oxygen atoms in total. The Kier molecular flexibility index (Phi) is 8.29. The Morgan fingerprint density at radius 3 is 2.37 bits per heavy atom. The molecular formula is C29H32F4N4O3S. The predicted octanol–water partition coefficient (Wildman–Crippen LogP) is 6.36. The quantitative estimate of drug-likeness (QED) is 0.257. The average Bonchev–Trinajstić information content (AvgIpc) is 2.89. The second kappa shape index (κ2) is 11.6. The smallest absolute Gasteiger partial charge is 0.258 e. The topological polar surface area (TPSA) is 112 Å². The van der Waals surface area contributed by atoms with Gasteiger partial charge in [0, 0.05) is 36.8 Å². The molecule has 2 atom stereocenters. The van der Waals surface area contributed by atoms with E-state index in [1.807, 2.05) is 4.90 Å². The molecule has 5 rings (SSSR count). The van der Waals surface area contributed by atoms with Crippen molar-refractivity contribution >= 4 is 27.9 Å². The van der Waals surface area contributed by atoms with Crippen LogP contribution in [0, 0.1) is 29.2 Å². The Labute approximate surface area is 237 Å². The van der Waals surface area contributed by atoms with Gasteiger partial charge in [-0.3, -0.25) is 18.9 Å². The van der Waals surface area contributed by atoms with Crippen LogP contribution in [0.1, 0.15) is 48.0 Å². The molecule has 1 aromatic heterocycles. The van der Waals surface area contributed by atoms with Gasteiger partial charge in [-0.05, 0) is 67.0 Å². The van der Waals surface area contributed by atoms with E-state index in [1.54, 1.807) is 12.3 Å². The molecule has 0 bridgehead atoms. The van der Waals surface area contributed by atoms with Crippen molar-refractivity contribution in [3.8, 4) is 11.1 Å². The molecule has 0 unspecified atom stereocenters. The molecule has 220 valence electrons. The van der Waals surface area contributed by atoms with E-state index >= 15 is 13.2 Å². The van der Waals surface area contributed by atoms with Crippen LogP contribution in [0.4, 0.5) is 28.9 Å². The van der Waals surface area contributed by atoms with Crippen LogP contribution in [-0.2, 0) is 0 Å². The van der Waals surface area contributed by atoms with Crippen molar-refractivity contribution in [2.24, 2.45) is 11.7 Å². The molecule has 5 N–H and O–H groups in total. The third kappa shape index (κ3) is 6.20. The summed E-state index contributed by atoms with van der Waals surface area (Å²) in [5.74, 6) is -5.72. The molecule has 12 heteroatoms. The minimum Gasteiger partial charge on any atom is -0.368 e. The van der Waals surface area contributed by atoms with Gasteiger partial charge in [0.25, 0.3) is 5.91 Å². The maximum atomic E-state index is 15.7. The molecule has 0 spiro atoms. The van der Waals surface area contributed by atoms with Crippen molar-refractivity contribution in [3.05, 3.63) is 77.1 Å². The van der Waals surface area contributed by atoms with Gasteiger partial charge in [0.2, 0.25) is 0 Å². The fourth-order valence-corrected chi connectivity index (χ4v) is 7.34. The summed E-state index contributed by atoms with van der Waals surface area (Å²) in [4.78, 5) is 19.3. The van der Waals surface area contributed by atoms with Crippen molar-refractivity contribution < 1.29 is 31.5 Å². The Morgan fingerprint density at radius 1 is 1.02 bits per heavy atom. The van der Waals surface area contributed by atoms with E-state index in [9.17, 15) is 18.3 Å². The number of pyridine rings is 1. The van der Waals surface area contributed by atoms with Gasteiger partial charge in [-0.15, -0.1) is 0 Å². The summed E-state index contributed by atoms with van der Waals surface area (Å²) in [6.45, 7) is 3.30. The molecule has 3 heterocycles. The zero-order chi connectivity index (χ0) is 29.5. The highest BCUT2D eigenvalue weighted by molar-refractivity contribution is 8.24. The first kappa shape index (κ1) is 29.3. The third-order valence-corrected chi connectivity index (χ3v) is 9.57. The van der Waals surface area contributed by atoms with Crippen molar-refractivity contribution in [1.82, 2.24) is 4.98 Å². The van der Waals surface area contributed by atoms with Gasteiger partial charge in [0.15, 0.2) is 0 Å². The molecular weight excluding hydrogens is 560 g/mol. The summed E-state index contributed by atoms with van der Waals surface area (Å²) in [6.07, 6.45) is 4.45. The monoisotopic (exact) mass is 592 g/mol. The highest BCUT2D eigenvalue weighted by Gasteiger charge is 2.30. The van der Waals surface area contributed by atoms with Crippen LogP contribution < -0.4 is 16.0 Å². The van der Waals surface area contributed by atoms with Gasteiger partial charge in [-0.25, -0.2) is 17.6 Å². The molecule has 41 heavy (non-hydrogen) atoms. The van der Waals surface area contributed by atoms with E-state index in [-0.39, 0.29) is 34.7 Å². The van der Waals surface area contributed by atoms with Crippen molar-refractivity contribution in [2.45, 2.75) is 38.1 Å². The van der Waals surface area contributed by atoms with Crippen LogP contribution in [0.3, 0.4) is 0 Å². The molecule has 2 aromatic carbocycles. The molecule has 0 radical (unpaired) electrons. The minimum absolute atomic E-state index is 0.0686. The van der Waals surface area contributed by atoms with Crippen molar-refractivity contribution in [2.75, 3.05) is 34.8 Å². The summed E-state index contributed by atoms with van der Waals surface area (Å²) in [5.41, 5.74) is 4.86. The number of hydrogen-bond donors (Lipinski definition) is 4. The highest BCUT2D eigenvalue weighted by atomic mass is 32.3. The van der Waals surface area contributed by atoms with E-state index < -0.39 is 56.5 Å². The van der Waals surface area contributed by atoms with Crippen LogP contribution in [0.25, 0.3) is 11.1 Å². The van der Waals surface area contributed by atoms with Crippen LogP contribution in [0.15, 0.2) is 42.7 Å². The van der Waals surface area contributed by atoms with Gasteiger partial charge in [-0.1, -0.05) is 6.92 Å². The normalized spacial score (nSPS) is 21.9. The molecule has 2 aliphatic heterocycles. The first-order valence-electron chi connectivity index (χ1n) is 13.4. The SMILES string of the molecule is C[C@@H]1C[C@H](N)CN(c2ccncc2NC(=O)c2ccc(F)c(-c3c(F)cc(C4CCS(O)(O)CC4)cc3F)c2F)C1. The van der Waals surface area contributed by atoms with E-state index in [4.69, 9.17) is 5.73 Å². The number of hydrogen-bond acceptors (Lipinski definition) is 6. The largest absolute Gasteiger partial charge is 0.368 e. The van der Waals surface area contributed by atoms with Crippen LogP contribution in [0.2, 0.25) is 0 Å². The number of rotatable bonds is 5. The molecule has 0 aliphatic carbocycles. The number of carbonyl (C=O) groups excluding carboxylic acids is 1. The lowest BCUT2D eigenvalue weighted by Gasteiger charge is -2.39. The van der Waals surface area contributed by atoms with Crippen LogP contribution in [-0.4, -0.2) is 50.6 Å². The first-order valence-corrected chi connectivity index (χ1v) is 15.3. The van der Waals surface area contributed by atoms with Gasteiger partial charge in [0.05, 0.1) is 34.3 Å². The van der Waals surface area contributed by atoms with Gasteiger partial charge in [-0.2, -0.15) is 10.6 Å². The van der Waals surface area contributed by atoms with Crippen molar-refractivity contribution in [1.29, 1.82) is 0 Å². The fraction of sp³-hybridized carbons (Fsp3) is 0.379. The number of anilines is 2. The number of nitrogens with one attached hydrogen (secondary N) is 1. The second-order valence-electron chi connectivity index (χ2n) is 11.0. The summed E-state index contributed by atoms with van der Waals surface area (Å²) in [6, 6.07) is 5.37. The first-order chi connectivity index (χ1) is 19.4. The summed E-state index contributed by atoms with van der Waals surface area (Å²) in [5, 5.41) is 2.61. The van der Waals surface area contributed by atoms with Gasteiger partial charge < -0.3 is 16.0 Å². The zero-order valence-corrected chi connectivity index (χ0v) is 23.2. The Bertz CT molecular complexity index is 1430. The predicted molar refractivity (Wildman–Crippen MR) is 152 cm³/mol. The number of aromatic nitrogens is 1. The standard InChI is InChI=1S/C29H32F4N4O3S/c1-16-10-19(34)15-37(14-16)25-4-7-35-13-24(25)36-29(38)20-2-3-21(30)27(28(20)33)26-22(31)11-18(12-23(26)32)17-5-8-41(39,40)9-6-17/h2-4,7,11-13,16-17,19,39-40H,5-6,8-10,14-15,34H2,1H3,(H,36,38)/t16-,19+/m1/s1. The van der Waals surface area contributed by atoms with Gasteiger partial charge in [0.1, 0.15) is 23.3 Å².